The van der Waals surface area contributed by atoms with Crippen molar-refractivity contribution in [2.75, 3.05) is 6.61 Å². The maximum atomic E-state index is 13.2. The van der Waals surface area contributed by atoms with Gasteiger partial charge in [0, 0.05) is 11.3 Å². The standard InChI is InChI=1S/C21H23FN4O3/c1-13(2)21(3,12-23)24-18(27)11-29-20(28)19-16-5-4-6-17(16)26(25-19)15-9-7-14(22)8-10-15/h7-10,13H,4-6,11H2,1-3H3,(H,24,27). The lowest BCUT2D eigenvalue weighted by atomic mass is 9.90. The van der Waals surface area contributed by atoms with Gasteiger partial charge in [-0.15, -0.1) is 0 Å². The van der Waals surface area contributed by atoms with E-state index >= 15 is 0 Å². The van der Waals surface area contributed by atoms with Gasteiger partial charge in [0.2, 0.25) is 0 Å². The minimum atomic E-state index is -1.05. The minimum Gasteiger partial charge on any atom is -0.451 e. The molecule has 152 valence electrons. The number of nitriles is 1. The van der Waals surface area contributed by atoms with Gasteiger partial charge in [-0.3, -0.25) is 4.79 Å². The fourth-order valence-electron chi connectivity index (χ4n) is 3.22. The Morgan fingerprint density at radius 3 is 2.66 bits per heavy atom. The van der Waals surface area contributed by atoms with E-state index in [-0.39, 0.29) is 17.4 Å². The molecule has 0 fully saturated rings. The third-order valence-electron chi connectivity index (χ3n) is 5.32. The number of ether oxygens (including phenoxy) is 1. The Hall–Kier alpha value is -3.21. The molecule has 1 atom stereocenters. The maximum Gasteiger partial charge on any atom is 0.359 e. The van der Waals surface area contributed by atoms with Crippen LogP contribution in [0.3, 0.4) is 0 Å². The first kappa shape index (κ1) is 20.5. The summed E-state index contributed by atoms with van der Waals surface area (Å²) in [6.45, 7) is 4.76. The molecule has 1 N–H and O–H groups in total. The van der Waals surface area contributed by atoms with E-state index in [9.17, 15) is 19.2 Å². The van der Waals surface area contributed by atoms with Crippen LogP contribution in [0.15, 0.2) is 24.3 Å². The molecule has 1 aliphatic carbocycles. The maximum absolute atomic E-state index is 13.2. The number of nitrogens with zero attached hydrogens (tertiary/aromatic N) is 3. The van der Waals surface area contributed by atoms with Gasteiger partial charge in [0.05, 0.1) is 11.8 Å². The van der Waals surface area contributed by atoms with Crippen molar-refractivity contribution >= 4 is 11.9 Å². The van der Waals surface area contributed by atoms with Gasteiger partial charge in [0.1, 0.15) is 11.4 Å². The van der Waals surface area contributed by atoms with E-state index in [0.29, 0.717) is 12.1 Å². The summed E-state index contributed by atoms with van der Waals surface area (Å²) in [5.74, 6) is -1.70. The third-order valence-corrected chi connectivity index (χ3v) is 5.32. The molecule has 2 aromatic rings. The summed E-state index contributed by atoms with van der Waals surface area (Å²) < 4.78 is 20.0. The summed E-state index contributed by atoms with van der Waals surface area (Å²) >= 11 is 0. The van der Waals surface area contributed by atoms with Crippen LogP contribution in [0.5, 0.6) is 0 Å². The van der Waals surface area contributed by atoms with Crippen LogP contribution in [-0.2, 0) is 22.4 Å². The summed E-state index contributed by atoms with van der Waals surface area (Å²) in [4.78, 5) is 24.7. The zero-order valence-corrected chi connectivity index (χ0v) is 16.7. The van der Waals surface area contributed by atoms with E-state index in [1.54, 1.807) is 23.7 Å². The Morgan fingerprint density at radius 2 is 2.03 bits per heavy atom. The largest absolute Gasteiger partial charge is 0.451 e. The molecule has 1 aliphatic rings. The van der Waals surface area contributed by atoms with Crippen LogP contribution in [0.1, 0.15) is 48.9 Å². The van der Waals surface area contributed by atoms with Gasteiger partial charge in [-0.25, -0.2) is 13.9 Å². The fourth-order valence-corrected chi connectivity index (χ4v) is 3.22. The van der Waals surface area contributed by atoms with Crippen LogP contribution in [-0.4, -0.2) is 33.8 Å². The smallest absolute Gasteiger partial charge is 0.359 e. The van der Waals surface area contributed by atoms with Crippen molar-refractivity contribution in [1.29, 1.82) is 5.26 Å². The van der Waals surface area contributed by atoms with Crippen molar-refractivity contribution in [1.82, 2.24) is 15.1 Å². The predicted octanol–water partition coefficient (Wildman–Crippen LogP) is 2.71. The molecule has 1 unspecified atom stereocenters. The van der Waals surface area contributed by atoms with Crippen molar-refractivity contribution in [2.24, 2.45) is 5.92 Å². The molecule has 1 amide bonds. The van der Waals surface area contributed by atoms with E-state index in [1.165, 1.54) is 12.1 Å². The number of esters is 1. The number of hydrogen-bond donors (Lipinski definition) is 1. The predicted molar refractivity (Wildman–Crippen MR) is 103 cm³/mol. The Labute approximate surface area is 168 Å². The van der Waals surface area contributed by atoms with E-state index in [1.807, 2.05) is 13.8 Å². The van der Waals surface area contributed by atoms with Crippen molar-refractivity contribution < 1.29 is 18.7 Å². The highest BCUT2D eigenvalue weighted by Gasteiger charge is 2.31. The number of fused-ring (bicyclic) bond motifs is 1. The molecule has 1 heterocycles. The Kier molecular flexibility index (Phi) is 5.69. The molecule has 1 aromatic carbocycles. The molecule has 8 heteroatoms. The van der Waals surface area contributed by atoms with Gasteiger partial charge < -0.3 is 10.1 Å². The molecule has 7 nitrogen and oxygen atoms in total. The molecule has 0 saturated carbocycles. The first-order chi connectivity index (χ1) is 13.7. The van der Waals surface area contributed by atoms with Gasteiger partial charge in [-0.1, -0.05) is 13.8 Å². The van der Waals surface area contributed by atoms with Crippen LogP contribution < -0.4 is 5.32 Å². The number of amides is 1. The average molecular weight is 398 g/mol. The number of carbonyl (C=O) groups is 2. The second-order valence-corrected chi connectivity index (χ2v) is 7.61. The zero-order valence-electron chi connectivity index (χ0n) is 16.7. The van der Waals surface area contributed by atoms with E-state index in [4.69, 9.17) is 4.74 Å². The topological polar surface area (TPSA) is 97.0 Å². The summed E-state index contributed by atoms with van der Waals surface area (Å²) in [6, 6.07) is 7.93. The SMILES string of the molecule is CC(C)C(C)(C#N)NC(=O)COC(=O)c1nn(-c2ccc(F)cc2)c2c1CCC2. The molecule has 1 aromatic heterocycles. The summed E-state index contributed by atoms with van der Waals surface area (Å²) in [5, 5.41) is 16.2. The third kappa shape index (κ3) is 4.14. The van der Waals surface area contributed by atoms with E-state index < -0.39 is 24.0 Å². The van der Waals surface area contributed by atoms with Crippen molar-refractivity contribution in [2.45, 2.75) is 45.6 Å². The van der Waals surface area contributed by atoms with Crippen LogP contribution in [0.4, 0.5) is 4.39 Å². The normalized spacial score (nSPS) is 14.8. The molecule has 0 saturated heterocycles. The summed E-state index contributed by atoms with van der Waals surface area (Å²) in [7, 11) is 0. The van der Waals surface area contributed by atoms with Crippen molar-refractivity contribution in [3.63, 3.8) is 0 Å². The van der Waals surface area contributed by atoms with Crippen LogP contribution in [0.2, 0.25) is 0 Å². The minimum absolute atomic E-state index is 0.109. The van der Waals surface area contributed by atoms with Gasteiger partial charge in [-0.2, -0.15) is 10.4 Å². The fraction of sp³-hybridized carbons (Fsp3) is 0.429. The number of aromatic nitrogens is 2. The Bertz CT molecular complexity index is 975. The van der Waals surface area contributed by atoms with Crippen LogP contribution >= 0.6 is 0 Å². The molecule has 3 rings (SSSR count). The zero-order chi connectivity index (χ0) is 21.2. The van der Waals surface area contributed by atoms with Crippen LogP contribution in [0, 0.1) is 23.1 Å². The highest BCUT2D eigenvalue weighted by molar-refractivity contribution is 5.91. The molecule has 0 spiro atoms. The molecule has 0 radical (unpaired) electrons. The molecule has 0 aliphatic heterocycles. The number of nitrogens with one attached hydrogen (secondary N) is 1. The van der Waals surface area contributed by atoms with E-state index in [0.717, 1.165) is 24.1 Å². The van der Waals surface area contributed by atoms with Gasteiger partial charge in [0.25, 0.3) is 5.91 Å². The first-order valence-corrected chi connectivity index (χ1v) is 9.51. The summed E-state index contributed by atoms with van der Waals surface area (Å²) in [6.07, 6.45) is 2.32. The number of rotatable bonds is 6. The number of benzene rings is 1. The lowest BCUT2D eigenvalue weighted by Crippen LogP contribution is -2.50. The highest BCUT2D eigenvalue weighted by atomic mass is 19.1. The molecule has 0 bridgehead atoms. The van der Waals surface area contributed by atoms with Crippen molar-refractivity contribution in [3.05, 3.63) is 47.0 Å². The monoisotopic (exact) mass is 398 g/mol. The van der Waals surface area contributed by atoms with Crippen molar-refractivity contribution in [3.8, 4) is 11.8 Å². The Balaban J connectivity index is 1.74. The van der Waals surface area contributed by atoms with Gasteiger partial charge in [0.15, 0.2) is 12.3 Å². The lowest BCUT2D eigenvalue weighted by molar-refractivity contribution is -0.125. The first-order valence-electron chi connectivity index (χ1n) is 9.51. The molecular weight excluding hydrogens is 375 g/mol. The Morgan fingerprint density at radius 1 is 1.34 bits per heavy atom. The number of carbonyl (C=O) groups excluding carboxylic acids is 2. The van der Waals surface area contributed by atoms with Crippen LogP contribution in [0.25, 0.3) is 5.69 Å². The quantitative estimate of drug-likeness (QED) is 0.755. The second-order valence-electron chi connectivity index (χ2n) is 7.61. The highest BCUT2D eigenvalue weighted by Crippen LogP contribution is 2.28. The average Bonchev–Trinajstić information content (AvgIpc) is 3.29. The molecule has 29 heavy (non-hydrogen) atoms. The summed E-state index contributed by atoms with van der Waals surface area (Å²) in [5.41, 5.74) is 1.47. The second kappa shape index (κ2) is 8.03. The van der Waals surface area contributed by atoms with Gasteiger partial charge in [-0.05, 0) is 56.4 Å². The molecular formula is C21H23FN4O3. The number of hydrogen-bond acceptors (Lipinski definition) is 5. The van der Waals surface area contributed by atoms with Gasteiger partial charge >= 0.3 is 5.97 Å². The lowest BCUT2D eigenvalue weighted by Gasteiger charge is -2.27. The number of halogens is 1. The van der Waals surface area contributed by atoms with E-state index in [2.05, 4.69) is 16.5 Å².